The Kier molecular flexibility index (Phi) is 3.71. The predicted octanol–water partition coefficient (Wildman–Crippen LogP) is 2.45. The summed E-state index contributed by atoms with van der Waals surface area (Å²) in [6.45, 7) is 0.908. The molecule has 0 aromatic heterocycles. The molecule has 0 saturated carbocycles. The maximum Gasteiger partial charge on any atom is 0.254 e. The topological polar surface area (TPSA) is 70.1 Å². The molecular weight excluding hydrogens is 363 g/mol. The van der Waals surface area contributed by atoms with Gasteiger partial charge < -0.3 is 19.6 Å². The Hall–Kier alpha value is -2.93. The van der Waals surface area contributed by atoms with Gasteiger partial charge in [-0.25, -0.2) is 4.39 Å². The van der Waals surface area contributed by atoms with Crippen LogP contribution in [0, 0.1) is 5.82 Å². The van der Waals surface area contributed by atoms with Crippen molar-refractivity contribution in [2.45, 2.75) is 30.7 Å². The molecule has 1 spiro atoms. The van der Waals surface area contributed by atoms with E-state index >= 15 is 0 Å². The first kappa shape index (κ1) is 17.2. The van der Waals surface area contributed by atoms with Crippen LogP contribution < -0.4 is 0 Å². The standard InChI is InChI=1S/C21H19FN2O4/c22-15-7-6-14(10-16(15)25)20(27)23-9-8-21-18(23)11-19(26)24(21)12-17(28-21)13-4-2-1-3-5-13/h1-7,10,17-18,25H,8-9,11-12H2/t17-,18-,21+/m1/s1. The molecule has 0 unspecified atom stereocenters. The fourth-order valence-corrected chi connectivity index (χ4v) is 4.72. The Balaban J connectivity index is 1.44. The van der Waals surface area contributed by atoms with Gasteiger partial charge in [0.2, 0.25) is 5.91 Å². The van der Waals surface area contributed by atoms with Gasteiger partial charge in [0, 0.05) is 18.5 Å². The van der Waals surface area contributed by atoms with Crippen molar-refractivity contribution in [2.75, 3.05) is 13.1 Å². The summed E-state index contributed by atoms with van der Waals surface area (Å²) in [6.07, 6.45) is 0.518. The van der Waals surface area contributed by atoms with Crippen LogP contribution in [0.15, 0.2) is 48.5 Å². The first-order chi connectivity index (χ1) is 13.5. The molecule has 3 atom stereocenters. The third-order valence-electron chi connectivity index (χ3n) is 6.05. The molecule has 0 bridgehead atoms. The quantitative estimate of drug-likeness (QED) is 0.866. The highest BCUT2D eigenvalue weighted by Crippen LogP contribution is 2.50. The van der Waals surface area contributed by atoms with Crippen molar-refractivity contribution in [1.29, 1.82) is 0 Å². The molecule has 7 heteroatoms. The van der Waals surface area contributed by atoms with Crippen LogP contribution in [0.3, 0.4) is 0 Å². The average molecular weight is 382 g/mol. The maximum atomic E-state index is 13.3. The minimum atomic E-state index is -0.810. The highest BCUT2D eigenvalue weighted by atomic mass is 19.1. The number of rotatable bonds is 2. The molecule has 3 saturated heterocycles. The van der Waals surface area contributed by atoms with Gasteiger partial charge in [0.05, 0.1) is 19.0 Å². The van der Waals surface area contributed by atoms with E-state index in [4.69, 9.17) is 4.74 Å². The van der Waals surface area contributed by atoms with Gasteiger partial charge in [0.1, 0.15) is 6.10 Å². The van der Waals surface area contributed by atoms with E-state index in [0.717, 1.165) is 17.7 Å². The molecule has 2 aromatic rings. The number of carbonyl (C=O) groups is 2. The highest BCUT2D eigenvalue weighted by Gasteiger charge is 2.65. The Bertz CT molecular complexity index is 966. The van der Waals surface area contributed by atoms with Crippen molar-refractivity contribution >= 4 is 11.8 Å². The molecular formula is C21H19FN2O4. The number of halogens is 1. The van der Waals surface area contributed by atoms with Gasteiger partial charge in [-0.2, -0.15) is 0 Å². The highest BCUT2D eigenvalue weighted by molar-refractivity contribution is 5.96. The van der Waals surface area contributed by atoms with Crippen LogP contribution in [0.25, 0.3) is 0 Å². The normalized spacial score (nSPS) is 28.5. The smallest absolute Gasteiger partial charge is 0.254 e. The molecule has 3 fully saturated rings. The fraction of sp³-hybridized carbons (Fsp3) is 0.333. The minimum absolute atomic E-state index is 0.0251. The second-order valence-corrected chi connectivity index (χ2v) is 7.50. The van der Waals surface area contributed by atoms with Crippen LogP contribution in [0.1, 0.15) is 34.9 Å². The Morgan fingerprint density at radius 1 is 1.21 bits per heavy atom. The zero-order chi connectivity index (χ0) is 19.5. The first-order valence-electron chi connectivity index (χ1n) is 9.32. The molecule has 5 rings (SSSR count). The summed E-state index contributed by atoms with van der Waals surface area (Å²) in [7, 11) is 0. The van der Waals surface area contributed by atoms with E-state index in [1.807, 2.05) is 30.3 Å². The van der Waals surface area contributed by atoms with Gasteiger partial charge in [0.15, 0.2) is 17.3 Å². The van der Waals surface area contributed by atoms with Crippen molar-refractivity contribution in [3.63, 3.8) is 0 Å². The molecule has 2 amide bonds. The number of carbonyl (C=O) groups excluding carboxylic acids is 2. The summed E-state index contributed by atoms with van der Waals surface area (Å²) in [6, 6.07) is 12.9. The van der Waals surface area contributed by atoms with E-state index in [1.165, 1.54) is 6.07 Å². The van der Waals surface area contributed by atoms with Crippen LogP contribution in [0.5, 0.6) is 5.75 Å². The molecule has 144 valence electrons. The number of phenolic OH excluding ortho intramolecular Hbond substituents is 1. The first-order valence-corrected chi connectivity index (χ1v) is 9.32. The van der Waals surface area contributed by atoms with Crippen molar-refractivity contribution in [1.82, 2.24) is 9.80 Å². The third kappa shape index (κ3) is 2.36. The lowest BCUT2D eigenvalue weighted by Gasteiger charge is -2.32. The molecule has 3 aliphatic heterocycles. The Labute approximate surface area is 161 Å². The fourth-order valence-electron chi connectivity index (χ4n) is 4.72. The van der Waals surface area contributed by atoms with E-state index in [9.17, 15) is 19.1 Å². The van der Waals surface area contributed by atoms with Gasteiger partial charge in [0.25, 0.3) is 5.91 Å². The van der Waals surface area contributed by atoms with Gasteiger partial charge in [-0.05, 0) is 23.8 Å². The molecule has 1 N–H and O–H groups in total. The summed E-state index contributed by atoms with van der Waals surface area (Å²) in [5, 5.41) is 9.60. The van der Waals surface area contributed by atoms with Crippen LogP contribution in [0.4, 0.5) is 4.39 Å². The Morgan fingerprint density at radius 2 is 2.00 bits per heavy atom. The van der Waals surface area contributed by atoms with Crippen LogP contribution in [-0.4, -0.2) is 51.6 Å². The van der Waals surface area contributed by atoms with Crippen LogP contribution in [0.2, 0.25) is 0 Å². The van der Waals surface area contributed by atoms with Crippen molar-refractivity contribution in [2.24, 2.45) is 0 Å². The van der Waals surface area contributed by atoms with Gasteiger partial charge in [-0.3, -0.25) is 9.59 Å². The number of hydrogen-bond donors (Lipinski definition) is 1. The zero-order valence-corrected chi connectivity index (χ0v) is 15.0. The largest absolute Gasteiger partial charge is 0.505 e. The maximum absolute atomic E-state index is 13.3. The van der Waals surface area contributed by atoms with E-state index < -0.39 is 23.3 Å². The van der Waals surface area contributed by atoms with Crippen molar-refractivity contribution in [3.8, 4) is 5.75 Å². The van der Waals surface area contributed by atoms with Crippen molar-refractivity contribution in [3.05, 3.63) is 65.5 Å². The molecule has 2 aromatic carbocycles. The second-order valence-electron chi connectivity index (χ2n) is 7.50. The molecule has 3 heterocycles. The monoisotopic (exact) mass is 382 g/mol. The number of phenols is 1. The lowest BCUT2D eigenvalue weighted by molar-refractivity contribution is -0.138. The predicted molar refractivity (Wildman–Crippen MR) is 96.8 cm³/mol. The van der Waals surface area contributed by atoms with Gasteiger partial charge in [-0.1, -0.05) is 30.3 Å². The number of amides is 2. The lowest BCUT2D eigenvalue weighted by atomic mass is 10.1. The summed E-state index contributed by atoms with van der Waals surface area (Å²) >= 11 is 0. The molecule has 6 nitrogen and oxygen atoms in total. The second kappa shape index (κ2) is 6.04. The summed E-state index contributed by atoms with van der Waals surface area (Å²) in [5.74, 6) is -1.70. The van der Waals surface area contributed by atoms with Crippen LogP contribution >= 0.6 is 0 Å². The zero-order valence-electron chi connectivity index (χ0n) is 15.0. The summed E-state index contributed by atoms with van der Waals surface area (Å²) in [5.41, 5.74) is 0.389. The number of ether oxygens (including phenoxy) is 1. The molecule has 28 heavy (non-hydrogen) atoms. The lowest BCUT2D eigenvalue weighted by Crippen LogP contribution is -2.48. The number of likely N-dealkylation sites (tertiary alicyclic amines) is 1. The SMILES string of the molecule is O=C(c1ccc(F)c(O)c1)N1CC[C@@]23O[C@@H](c4ccccc4)CN2C(=O)C[C@@H]13. The van der Waals surface area contributed by atoms with Gasteiger partial charge >= 0.3 is 0 Å². The van der Waals surface area contributed by atoms with E-state index in [0.29, 0.717) is 19.5 Å². The number of hydrogen-bond acceptors (Lipinski definition) is 4. The Morgan fingerprint density at radius 3 is 2.75 bits per heavy atom. The summed E-state index contributed by atoms with van der Waals surface area (Å²) < 4.78 is 19.8. The average Bonchev–Trinajstić information content (AvgIpc) is 3.33. The number of nitrogens with zero attached hydrogens (tertiary/aromatic N) is 2. The summed E-state index contributed by atoms with van der Waals surface area (Å²) in [4.78, 5) is 29.1. The molecule has 0 radical (unpaired) electrons. The number of aromatic hydroxyl groups is 1. The van der Waals surface area contributed by atoms with Crippen molar-refractivity contribution < 1.29 is 23.8 Å². The third-order valence-corrected chi connectivity index (χ3v) is 6.05. The molecule has 3 aliphatic rings. The van der Waals surface area contributed by atoms with E-state index in [2.05, 4.69) is 0 Å². The molecule has 0 aliphatic carbocycles. The van der Waals surface area contributed by atoms with Crippen LogP contribution in [-0.2, 0) is 9.53 Å². The van der Waals surface area contributed by atoms with E-state index in [-0.39, 0.29) is 29.9 Å². The minimum Gasteiger partial charge on any atom is -0.505 e. The van der Waals surface area contributed by atoms with E-state index in [1.54, 1.807) is 9.80 Å². The number of benzene rings is 2. The van der Waals surface area contributed by atoms with Gasteiger partial charge in [-0.15, -0.1) is 0 Å².